The van der Waals surface area contributed by atoms with Gasteiger partial charge >= 0.3 is 0 Å². The molecule has 1 heterocycles. The van der Waals surface area contributed by atoms with E-state index in [1.54, 1.807) is 6.07 Å². The summed E-state index contributed by atoms with van der Waals surface area (Å²) in [5, 5.41) is 13.7. The molecule has 0 bridgehead atoms. The van der Waals surface area contributed by atoms with Crippen molar-refractivity contribution in [1.82, 2.24) is 9.88 Å². The molecule has 0 saturated heterocycles. The van der Waals surface area contributed by atoms with Crippen LogP contribution in [-0.2, 0) is 13.5 Å². The minimum atomic E-state index is 0.333. The van der Waals surface area contributed by atoms with Crippen LogP contribution in [0.5, 0.6) is 5.75 Å². The van der Waals surface area contributed by atoms with Crippen LogP contribution in [0.4, 0.5) is 0 Å². The van der Waals surface area contributed by atoms with Crippen LogP contribution in [-0.4, -0.2) is 23.3 Å². The van der Waals surface area contributed by atoms with Crippen LogP contribution in [0.2, 0.25) is 0 Å². The molecule has 3 nitrogen and oxygen atoms in total. The van der Waals surface area contributed by atoms with Crippen molar-refractivity contribution in [2.75, 3.05) is 13.6 Å². The molecule has 0 amide bonds. The van der Waals surface area contributed by atoms with Crippen LogP contribution in [0.1, 0.15) is 12.1 Å². The summed E-state index contributed by atoms with van der Waals surface area (Å²) < 4.78 is 2.20. The number of rotatable bonds is 4. The first kappa shape index (κ1) is 11.0. The van der Waals surface area contributed by atoms with E-state index in [2.05, 4.69) is 23.0 Å². The number of benzene rings is 1. The predicted octanol–water partition coefficient (Wildman–Crippen LogP) is 2.04. The van der Waals surface area contributed by atoms with Gasteiger partial charge in [0.2, 0.25) is 0 Å². The van der Waals surface area contributed by atoms with Crippen molar-refractivity contribution in [2.24, 2.45) is 7.05 Å². The van der Waals surface area contributed by atoms with Crippen LogP contribution in [0, 0.1) is 0 Å². The first-order valence-electron chi connectivity index (χ1n) is 5.64. The van der Waals surface area contributed by atoms with Crippen molar-refractivity contribution in [3.05, 3.63) is 30.0 Å². The summed E-state index contributed by atoms with van der Waals surface area (Å²) in [4.78, 5) is 0. The van der Waals surface area contributed by atoms with Gasteiger partial charge in [0.25, 0.3) is 0 Å². The number of aromatic nitrogens is 1. The molecular formula is C13H18N2O. The van der Waals surface area contributed by atoms with Gasteiger partial charge in [-0.25, -0.2) is 0 Å². The third kappa shape index (κ3) is 2.04. The number of fused-ring (bicyclic) bond motifs is 1. The molecule has 16 heavy (non-hydrogen) atoms. The molecule has 0 unspecified atom stereocenters. The average molecular weight is 218 g/mol. The van der Waals surface area contributed by atoms with Gasteiger partial charge in [0.15, 0.2) is 0 Å². The van der Waals surface area contributed by atoms with Gasteiger partial charge < -0.3 is 15.0 Å². The van der Waals surface area contributed by atoms with E-state index in [0.29, 0.717) is 5.75 Å². The maximum atomic E-state index is 9.43. The van der Waals surface area contributed by atoms with Crippen LogP contribution >= 0.6 is 0 Å². The highest BCUT2D eigenvalue weighted by Gasteiger charge is 2.05. The number of phenols is 1. The molecule has 0 saturated carbocycles. The molecule has 2 N–H and O–H groups in total. The molecule has 0 spiro atoms. The highest BCUT2D eigenvalue weighted by atomic mass is 16.3. The molecular weight excluding hydrogens is 200 g/mol. The molecule has 1 aromatic carbocycles. The minimum absolute atomic E-state index is 0.333. The van der Waals surface area contributed by atoms with Crippen molar-refractivity contribution >= 4 is 10.9 Å². The Kier molecular flexibility index (Phi) is 3.15. The number of hydrogen-bond donors (Lipinski definition) is 2. The summed E-state index contributed by atoms with van der Waals surface area (Å²) in [7, 11) is 4.05. The highest BCUT2D eigenvalue weighted by molar-refractivity contribution is 5.82. The molecule has 0 aliphatic carbocycles. The number of hydrogen-bond acceptors (Lipinski definition) is 2. The lowest BCUT2D eigenvalue weighted by molar-refractivity contribution is 0.476. The van der Waals surface area contributed by atoms with Crippen LogP contribution in [0.25, 0.3) is 10.9 Å². The molecule has 3 heteroatoms. The van der Waals surface area contributed by atoms with Gasteiger partial charge in [0.05, 0.1) is 0 Å². The van der Waals surface area contributed by atoms with E-state index in [4.69, 9.17) is 0 Å². The molecule has 0 radical (unpaired) electrons. The van der Waals surface area contributed by atoms with Gasteiger partial charge in [-0.3, -0.25) is 0 Å². The van der Waals surface area contributed by atoms with Gasteiger partial charge in [-0.15, -0.1) is 0 Å². The summed E-state index contributed by atoms with van der Waals surface area (Å²) in [6.45, 7) is 1.03. The highest BCUT2D eigenvalue weighted by Crippen LogP contribution is 2.23. The van der Waals surface area contributed by atoms with Gasteiger partial charge in [-0.05, 0) is 50.7 Å². The number of phenolic OH excluding ortho intramolecular Hbond substituents is 1. The Bertz CT molecular complexity index is 488. The summed E-state index contributed by atoms with van der Waals surface area (Å²) >= 11 is 0. The zero-order chi connectivity index (χ0) is 11.5. The largest absolute Gasteiger partial charge is 0.508 e. The molecule has 2 aromatic rings. The van der Waals surface area contributed by atoms with Crippen molar-refractivity contribution in [3.8, 4) is 5.75 Å². The first-order valence-corrected chi connectivity index (χ1v) is 5.64. The molecule has 0 aliphatic heterocycles. The van der Waals surface area contributed by atoms with E-state index >= 15 is 0 Å². The van der Waals surface area contributed by atoms with Crippen molar-refractivity contribution in [3.63, 3.8) is 0 Å². The van der Waals surface area contributed by atoms with E-state index in [9.17, 15) is 5.11 Å². The van der Waals surface area contributed by atoms with E-state index in [0.717, 1.165) is 24.8 Å². The molecule has 86 valence electrons. The Hall–Kier alpha value is -1.48. The molecule has 0 fully saturated rings. The summed E-state index contributed by atoms with van der Waals surface area (Å²) in [6.07, 6.45) is 2.19. The topological polar surface area (TPSA) is 37.2 Å². The lowest BCUT2D eigenvalue weighted by atomic mass is 10.2. The number of nitrogens with zero attached hydrogens (tertiary/aromatic N) is 1. The van der Waals surface area contributed by atoms with Crippen molar-refractivity contribution < 1.29 is 5.11 Å². The Labute approximate surface area is 95.7 Å². The normalized spacial score (nSPS) is 11.1. The second-order valence-corrected chi connectivity index (χ2v) is 4.14. The maximum absolute atomic E-state index is 9.43. The number of aromatic hydroxyl groups is 1. The van der Waals surface area contributed by atoms with Gasteiger partial charge in [-0.2, -0.15) is 0 Å². The second-order valence-electron chi connectivity index (χ2n) is 4.14. The predicted molar refractivity (Wildman–Crippen MR) is 66.8 cm³/mol. The molecule has 0 aliphatic rings. The van der Waals surface area contributed by atoms with E-state index in [-0.39, 0.29) is 0 Å². The lowest BCUT2D eigenvalue weighted by Crippen LogP contribution is -2.09. The first-order chi connectivity index (χ1) is 7.72. The minimum Gasteiger partial charge on any atom is -0.508 e. The zero-order valence-electron chi connectivity index (χ0n) is 9.83. The Morgan fingerprint density at radius 3 is 2.88 bits per heavy atom. The smallest absolute Gasteiger partial charge is 0.116 e. The Balaban J connectivity index is 2.29. The van der Waals surface area contributed by atoms with Crippen LogP contribution < -0.4 is 5.32 Å². The third-order valence-corrected chi connectivity index (χ3v) is 2.99. The molecule has 1 aromatic heterocycles. The third-order valence-electron chi connectivity index (χ3n) is 2.99. The standard InChI is InChI=1S/C13H18N2O/c1-14-7-3-4-11-8-10-9-12(16)5-6-13(10)15(11)2/h5-6,8-9,14,16H,3-4,7H2,1-2H3. The average Bonchev–Trinajstić information content (AvgIpc) is 2.56. The second kappa shape index (κ2) is 4.58. The SMILES string of the molecule is CNCCCc1cc2cc(O)ccc2n1C. The van der Waals surface area contributed by atoms with Crippen LogP contribution in [0.3, 0.4) is 0 Å². The van der Waals surface area contributed by atoms with E-state index in [1.807, 2.05) is 19.2 Å². The number of aryl methyl sites for hydroxylation is 2. The summed E-state index contributed by atoms with van der Waals surface area (Å²) in [5.41, 5.74) is 2.49. The summed E-state index contributed by atoms with van der Waals surface area (Å²) in [5.74, 6) is 0.333. The van der Waals surface area contributed by atoms with Gasteiger partial charge in [-0.1, -0.05) is 0 Å². The lowest BCUT2D eigenvalue weighted by Gasteiger charge is -2.03. The van der Waals surface area contributed by atoms with E-state index < -0.39 is 0 Å². The Morgan fingerprint density at radius 2 is 2.12 bits per heavy atom. The zero-order valence-corrected chi connectivity index (χ0v) is 9.83. The fraction of sp³-hybridized carbons (Fsp3) is 0.385. The molecule has 2 rings (SSSR count). The monoisotopic (exact) mass is 218 g/mol. The fourth-order valence-electron chi connectivity index (χ4n) is 2.08. The quantitative estimate of drug-likeness (QED) is 0.771. The maximum Gasteiger partial charge on any atom is 0.116 e. The van der Waals surface area contributed by atoms with E-state index in [1.165, 1.54) is 11.2 Å². The number of nitrogens with one attached hydrogen (secondary N) is 1. The van der Waals surface area contributed by atoms with Gasteiger partial charge in [0, 0.05) is 23.6 Å². The summed E-state index contributed by atoms with van der Waals surface area (Å²) in [6, 6.07) is 7.67. The molecule has 0 atom stereocenters. The Morgan fingerprint density at radius 1 is 1.31 bits per heavy atom. The fourth-order valence-corrected chi connectivity index (χ4v) is 2.08. The van der Waals surface area contributed by atoms with Crippen molar-refractivity contribution in [1.29, 1.82) is 0 Å². The van der Waals surface area contributed by atoms with Crippen molar-refractivity contribution in [2.45, 2.75) is 12.8 Å². The van der Waals surface area contributed by atoms with Gasteiger partial charge in [0.1, 0.15) is 5.75 Å². The van der Waals surface area contributed by atoms with Crippen LogP contribution in [0.15, 0.2) is 24.3 Å².